The minimum atomic E-state index is -4.41. The van der Waals surface area contributed by atoms with Crippen molar-refractivity contribution in [2.75, 3.05) is 6.61 Å². The molecule has 1 aliphatic heterocycles. The van der Waals surface area contributed by atoms with E-state index in [0.717, 1.165) is 23.4 Å². The van der Waals surface area contributed by atoms with E-state index >= 15 is 0 Å². The van der Waals surface area contributed by atoms with E-state index in [4.69, 9.17) is 4.74 Å². The maximum atomic E-state index is 12.5. The molecule has 0 fully saturated rings. The van der Waals surface area contributed by atoms with Crippen molar-refractivity contribution in [3.63, 3.8) is 0 Å². The summed E-state index contributed by atoms with van der Waals surface area (Å²) in [6, 6.07) is 11.4. The molecule has 0 aromatic heterocycles. The van der Waals surface area contributed by atoms with Gasteiger partial charge in [-0.2, -0.15) is 13.2 Å². The number of alkyl halides is 3. The number of amides is 1. The molecule has 1 N–H and O–H groups in total. The van der Waals surface area contributed by atoms with E-state index in [9.17, 15) is 18.0 Å². The van der Waals surface area contributed by atoms with Crippen LogP contribution in [0.4, 0.5) is 13.2 Å². The van der Waals surface area contributed by atoms with Gasteiger partial charge in [0.05, 0.1) is 18.2 Å². The van der Waals surface area contributed by atoms with E-state index in [1.165, 1.54) is 12.1 Å². The first kappa shape index (κ1) is 15.4. The Hall–Kier alpha value is -2.50. The monoisotopic (exact) mass is 321 g/mol. The number of rotatable bonds is 2. The predicted octanol–water partition coefficient (Wildman–Crippen LogP) is 3.96. The Morgan fingerprint density at radius 2 is 1.78 bits per heavy atom. The molecule has 0 saturated heterocycles. The molecule has 3 rings (SSSR count). The Morgan fingerprint density at radius 1 is 1.09 bits per heavy atom. The number of carbonyl (C=O) groups excluding carboxylic acids is 1. The van der Waals surface area contributed by atoms with E-state index in [2.05, 4.69) is 5.32 Å². The highest BCUT2D eigenvalue weighted by Gasteiger charge is 2.30. The fourth-order valence-corrected chi connectivity index (χ4v) is 2.54. The smallest absolute Gasteiger partial charge is 0.416 e. The van der Waals surface area contributed by atoms with Crippen LogP contribution in [0, 0.1) is 0 Å². The van der Waals surface area contributed by atoms with Crippen LogP contribution in [0.2, 0.25) is 0 Å². The Bertz CT molecular complexity index is 711. The molecular formula is C17H14F3NO2. The average molecular weight is 321 g/mol. The van der Waals surface area contributed by atoms with Crippen molar-refractivity contribution in [1.29, 1.82) is 0 Å². The molecule has 23 heavy (non-hydrogen) atoms. The Labute approximate surface area is 131 Å². The number of hydrogen-bond donors (Lipinski definition) is 1. The highest BCUT2D eigenvalue weighted by atomic mass is 19.4. The maximum Gasteiger partial charge on any atom is 0.416 e. The van der Waals surface area contributed by atoms with E-state index in [1.807, 2.05) is 24.3 Å². The molecule has 6 heteroatoms. The molecule has 1 amide bonds. The Kier molecular flexibility index (Phi) is 3.98. The molecule has 3 nitrogen and oxygen atoms in total. The van der Waals surface area contributed by atoms with Crippen molar-refractivity contribution in [1.82, 2.24) is 5.32 Å². The third-order valence-electron chi connectivity index (χ3n) is 3.74. The van der Waals surface area contributed by atoms with Gasteiger partial charge in [-0.15, -0.1) is 0 Å². The van der Waals surface area contributed by atoms with Crippen molar-refractivity contribution in [3.05, 3.63) is 65.2 Å². The van der Waals surface area contributed by atoms with Crippen molar-refractivity contribution in [2.45, 2.75) is 18.6 Å². The first-order chi connectivity index (χ1) is 10.9. The standard InChI is InChI=1S/C17H14F3NO2/c18-17(19,20)12-7-5-11(6-8-12)16(22)21-14-9-10-23-15-4-2-1-3-13(14)15/h1-8,14H,9-10H2,(H,21,22). The summed E-state index contributed by atoms with van der Waals surface area (Å²) in [5, 5.41) is 2.85. The lowest BCUT2D eigenvalue weighted by Crippen LogP contribution is -2.32. The Morgan fingerprint density at radius 3 is 2.48 bits per heavy atom. The van der Waals surface area contributed by atoms with Crippen molar-refractivity contribution in [2.24, 2.45) is 0 Å². The second-order valence-corrected chi connectivity index (χ2v) is 5.28. The van der Waals surface area contributed by atoms with Crippen LogP contribution in [0.3, 0.4) is 0 Å². The molecule has 0 spiro atoms. The van der Waals surface area contributed by atoms with Gasteiger partial charge in [0.1, 0.15) is 5.75 Å². The minimum absolute atomic E-state index is 0.196. The van der Waals surface area contributed by atoms with Crippen LogP contribution in [-0.4, -0.2) is 12.5 Å². The predicted molar refractivity (Wildman–Crippen MR) is 78.2 cm³/mol. The maximum absolute atomic E-state index is 12.5. The molecule has 1 unspecified atom stereocenters. The van der Waals surface area contributed by atoms with Gasteiger partial charge in [-0.1, -0.05) is 18.2 Å². The molecule has 120 valence electrons. The van der Waals surface area contributed by atoms with Crippen molar-refractivity contribution < 1.29 is 22.7 Å². The first-order valence-electron chi connectivity index (χ1n) is 7.15. The number of halogens is 3. The van der Waals surface area contributed by atoms with Gasteiger partial charge in [-0.25, -0.2) is 0 Å². The molecule has 0 aliphatic carbocycles. The van der Waals surface area contributed by atoms with Gasteiger partial charge in [0.25, 0.3) is 5.91 Å². The van der Waals surface area contributed by atoms with Crippen LogP contribution in [0.1, 0.15) is 33.9 Å². The number of para-hydroxylation sites is 1. The van der Waals surface area contributed by atoms with Crippen LogP contribution in [0.15, 0.2) is 48.5 Å². The SMILES string of the molecule is O=C(NC1CCOc2ccccc21)c1ccc(C(F)(F)F)cc1. The lowest BCUT2D eigenvalue weighted by Gasteiger charge is -2.26. The normalized spacial score (nSPS) is 17.1. The molecule has 1 aliphatic rings. The summed E-state index contributed by atoms with van der Waals surface area (Å²) in [7, 11) is 0. The van der Waals surface area contributed by atoms with Gasteiger partial charge in [0, 0.05) is 17.5 Å². The van der Waals surface area contributed by atoms with Gasteiger partial charge in [-0.3, -0.25) is 4.79 Å². The summed E-state index contributed by atoms with van der Waals surface area (Å²) < 4.78 is 43.2. The van der Waals surface area contributed by atoms with Gasteiger partial charge >= 0.3 is 6.18 Å². The highest BCUT2D eigenvalue weighted by molar-refractivity contribution is 5.94. The molecular weight excluding hydrogens is 307 g/mol. The van der Waals surface area contributed by atoms with Crippen LogP contribution < -0.4 is 10.1 Å². The second kappa shape index (κ2) is 5.95. The molecule has 0 radical (unpaired) electrons. The number of fused-ring (bicyclic) bond motifs is 1. The number of ether oxygens (including phenoxy) is 1. The molecule has 2 aromatic carbocycles. The fraction of sp³-hybridized carbons (Fsp3) is 0.235. The zero-order valence-corrected chi connectivity index (χ0v) is 12.1. The summed E-state index contributed by atoms with van der Waals surface area (Å²) in [5.74, 6) is 0.317. The summed E-state index contributed by atoms with van der Waals surface area (Å²) in [5.41, 5.74) is 0.298. The second-order valence-electron chi connectivity index (χ2n) is 5.28. The third kappa shape index (κ3) is 3.31. The largest absolute Gasteiger partial charge is 0.493 e. The van der Waals surface area contributed by atoms with Crippen LogP contribution in [0.5, 0.6) is 5.75 Å². The lowest BCUT2D eigenvalue weighted by molar-refractivity contribution is -0.137. The highest BCUT2D eigenvalue weighted by Crippen LogP contribution is 2.32. The van der Waals surface area contributed by atoms with Crippen molar-refractivity contribution >= 4 is 5.91 Å². The topological polar surface area (TPSA) is 38.3 Å². The summed E-state index contributed by atoms with van der Waals surface area (Å²) >= 11 is 0. The van der Waals surface area contributed by atoms with E-state index < -0.39 is 17.6 Å². The third-order valence-corrected chi connectivity index (χ3v) is 3.74. The molecule has 0 saturated carbocycles. The van der Waals surface area contributed by atoms with Crippen LogP contribution >= 0.6 is 0 Å². The Balaban J connectivity index is 1.75. The van der Waals surface area contributed by atoms with Gasteiger partial charge in [-0.05, 0) is 30.3 Å². The molecule has 1 atom stereocenters. The minimum Gasteiger partial charge on any atom is -0.493 e. The van der Waals surface area contributed by atoms with E-state index in [1.54, 1.807) is 0 Å². The summed E-state index contributed by atoms with van der Waals surface area (Å²) in [4.78, 5) is 12.3. The zero-order valence-electron chi connectivity index (χ0n) is 12.1. The number of hydrogen-bond acceptors (Lipinski definition) is 2. The van der Waals surface area contributed by atoms with Gasteiger partial charge < -0.3 is 10.1 Å². The number of nitrogens with one attached hydrogen (secondary N) is 1. The first-order valence-corrected chi connectivity index (χ1v) is 7.15. The van der Waals surface area contributed by atoms with Crippen molar-refractivity contribution in [3.8, 4) is 5.75 Å². The fourth-order valence-electron chi connectivity index (χ4n) is 2.54. The van der Waals surface area contributed by atoms with Gasteiger partial charge in [0.15, 0.2) is 0 Å². The molecule has 2 aromatic rings. The number of benzene rings is 2. The van der Waals surface area contributed by atoms with Crippen LogP contribution in [-0.2, 0) is 6.18 Å². The van der Waals surface area contributed by atoms with E-state index in [0.29, 0.717) is 13.0 Å². The molecule has 0 bridgehead atoms. The average Bonchev–Trinajstić information content (AvgIpc) is 2.54. The van der Waals surface area contributed by atoms with Gasteiger partial charge in [0.2, 0.25) is 0 Å². The van der Waals surface area contributed by atoms with Crippen LogP contribution in [0.25, 0.3) is 0 Å². The molecule has 1 heterocycles. The summed E-state index contributed by atoms with van der Waals surface area (Å²) in [6.07, 6.45) is -3.79. The summed E-state index contributed by atoms with van der Waals surface area (Å²) in [6.45, 7) is 0.481. The number of carbonyl (C=O) groups is 1. The van der Waals surface area contributed by atoms with E-state index in [-0.39, 0.29) is 11.6 Å². The quantitative estimate of drug-likeness (QED) is 0.909. The zero-order chi connectivity index (χ0) is 16.4. The lowest BCUT2D eigenvalue weighted by atomic mass is 10.00.